The average Bonchev–Trinajstić information content (AvgIpc) is 3.16. The third-order valence-electron chi connectivity index (χ3n) is 6.39. The molecule has 6 rings (SSSR count). The highest BCUT2D eigenvalue weighted by Gasteiger charge is 2.26. The molecule has 1 nitrogen and oxygen atoms in total. The Morgan fingerprint density at radius 1 is 0.636 bits per heavy atom. The van der Waals surface area contributed by atoms with Gasteiger partial charge in [-0.2, -0.15) is 0 Å². The van der Waals surface area contributed by atoms with Crippen LogP contribution in [0.2, 0.25) is 5.02 Å². The molecule has 2 heteroatoms. The van der Waals surface area contributed by atoms with Gasteiger partial charge in [0, 0.05) is 27.4 Å². The zero-order valence-corrected chi connectivity index (χ0v) is 18.8. The molecule has 0 amide bonds. The van der Waals surface area contributed by atoms with Gasteiger partial charge in [0.15, 0.2) is 0 Å². The summed E-state index contributed by atoms with van der Waals surface area (Å²) in [5, 5.41) is 2.01. The van der Waals surface area contributed by atoms with Crippen LogP contribution in [0.25, 0.3) is 22.0 Å². The fraction of sp³-hybridized carbons (Fsp3) is 0.0323. The maximum atomic E-state index is 6.21. The Balaban J connectivity index is 1.68. The van der Waals surface area contributed by atoms with Crippen LogP contribution in [-0.2, 0) is 0 Å². The van der Waals surface area contributed by atoms with Crippen LogP contribution in [0.3, 0.4) is 0 Å². The van der Waals surface area contributed by atoms with E-state index in [0.717, 1.165) is 16.1 Å². The Morgan fingerprint density at radius 2 is 1.30 bits per heavy atom. The molecule has 0 unspecified atom stereocenters. The summed E-state index contributed by atoms with van der Waals surface area (Å²) in [6.45, 7) is 0. The maximum Gasteiger partial charge on any atom is 0.0513 e. The summed E-state index contributed by atoms with van der Waals surface area (Å²) in [5.41, 5.74) is 9.66. The van der Waals surface area contributed by atoms with E-state index in [0.29, 0.717) is 0 Å². The highest BCUT2D eigenvalue weighted by molar-refractivity contribution is 6.30. The topological polar surface area (TPSA) is 15.8 Å². The lowest BCUT2D eigenvalue weighted by Gasteiger charge is -2.16. The van der Waals surface area contributed by atoms with E-state index in [1.54, 1.807) is 0 Å². The predicted molar refractivity (Wildman–Crippen MR) is 140 cm³/mol. The number of fused-ring (bicyclic) bond motifs is 3. The van der Waals surface area contributed by atoms with Gasteiger partial charge in [-0.05, 0) is 52.1 Å². The van der Waals surface area contributed by atoms with Gasteiger partial charge in [-0.15, -0.1) is 0 Å². The van der Waals surface area contributed by atoms with Crippen molar-refractivity contribution in [3.63, 3.8) is 0 Å². The number of hydrogen-bond acceptors (Lipinski definition) is 0. The zero-order valence-electron chi connectivity index (χ0n) is 18.0. The van der Waals surface area contributed by atoms with Gasteiger partial charge in [0.2, 0.25) is 0 Å². The predicted octanol–water partition coefficient (Wildman–Crippen LogP) is 8.48. The molecule has 0 spiro atoms. The minimum atomic E-state index is 0.112. The number of allylic oxidation sites excluding steroid dienone is 3. The average molecular weight is 444 g/mol. The summed E-state index contributed by atoms with van der Waals surface area (Å²) in [6, 6.07) is 38.1. The van der Waals surface area contributed by atoms with E-state index >= 15 is 0 Å². The van der Waals surface area contributed by atoms with Crippen LogP contribution in [0.1, 0.15) is 33.9 Å². The summed E-state index contributed by atoms with van der Waals surface area (Å²) in [5.74, 6) is 0.112. The van der Waals surface area contributed by atoms with Crippen LogP contribution >= 0.6 is 11.6 Å². The number of para-hydroxylation sites is 1. The molecule has 0 radical (unpaired) electrons. The van der Waals surface area contributed by atoms with Crippen molar-refractivity contribution in [1.29, 1.82) is 0 Å². The number of hydrogen-bond donors (Lipinski definition) is 1. The molecule has 1 heterocycles. The van der Waals surface area contributed by atoms with E-state index in [4.69, 9.17) is 11.6 Å². The summed E-state index contributed by atoms with van der Waals surface area (Å²) in [7, 11) is 0. The summed E-state index contributed by atoms with van der Waals surface area (Å²) < 4.78 is 0. The van der Waals surface area contributed by atoms with Gasteiger partial charge in [-0.25, -0.2) is 0 Å². The number of benzene rings is 4. The van der Waals surface area contributed by atoms with E-state index < -0.39 is 0 Å². The van der Waals surface area contributed by atoms with Crippen molar-refractivity contribution < 1.29 is 0 Å². The second-order valence-electron chi connectivity index (χ2n) is 8.40. The first-order valence-corrected chi connectivity index (χ1v) is 11.6. The van der Waals surface area contributed by atoms with E-state index in [1.807, 2.05) is 12.1 Å². The molecule has 1 aliphatic rings. The zero-order chi connectivity index (χ0) is 22.2. The normalized spacial score (nSPS) is 15.5. The van der Waals surface area contributed by atoms with Gasteiger partial charge in [0.05, 0.1) is 5.69 Å². The molecule has 33 heavy (non-hydrogen) atoms. The molecule has 158 valence electrons. The van der Waals surface area contributed by atoms with Crippen molar-refractivity contribution in [3.8, 4) is 0 Å². The fourth-order valence-electron chi connectivity index (χ4n) is 4.83. The van der Waals surface area contributed by atoms with Crippen molar-refractivity contribution >= 4 is 33.7 Å². The molecule has 0 bridgehead atoms. The largest absolute Gasteiger partial charge is 0.354 e. The van der Waals surface area contributed by atoms with E-state index in [9.17, 15) is 0 Å². The molecule has 1 aliphatic carbocycles. The van der Waals surface area contributed by atoms with Gasteiger partial charge in [0.25, 0.3) is 0 Å². The van der Waals surface area contributed by atoms with Crippen LogP contribution in [0.5, 0.6) is 0 Å². The number of rotatable bonds is 3. The second kappa shape index (κ2) is 8.27. The highest BCUT2D eigenvalue weighted by atomic mass is 35.5. The SMILES string of the molecule is Clc1ccc(C2=C[C@@H](c3ccccc3)c3c([nH]c4ccccc34)C(c3ccccc3)=C2)cc1. The summed E-state index contributed by atoms with van der Waals surface area (Å²) in [6.07, 6.45) is 4.71. The van der Waals surface area contributed by atoms with E-state index in [2.05, 4.69) is 114 Å². The van der Waals surface area contributed by atoms with Crippen LogP contribution in [0.15, 0.2) is 121 Å². The first-order valence-electron chi connectivity index (χ1n) is 11.2. The van der Waals surface area contributed by atoms with Crippen LogP contribution in [0, 0.1) is 0 Å². The number of H-pyrrole nitrogens is 1. The highest BCUT2D eigenvalue weighted by Crippen LogP contribution is 2.44. The lowest BCUT2D eigenvalue weighted by atomic mass is 9.87. The number of aromatic amines is 1. The van der Waals surface area contributed by atoms with E-state index in [-0.39, 0.29) is 5.92 Å². The Morgan fingerprint density at radius 3 is 2.06 bits per heavy atom. The number of halogens is 1. The number of aromatic nitrogens is 1. The van der Waals surface area contributed by atoms with E-state index in [1.165, 1.54) is 38.9 Å². The van der Waals surface area contributed by atoms with Crippen LogP contribution < -0.4 is 0 Å². The Kier molecular flexibility index (Phi) is 4.97. The number of nitrogens with one attached hydrogen (secondary N) is 1. The Bertz CT molecular complexity index is 1490. The second-order valence-corrected chi connectivity index (χ2v) is 8.84. The first kappa shape index (κ1) is 19.8. The van der Waals surface area contributed by atoms with Crippen molar-refractivity contribution in [2.75, 3.05) is 0 Å². The minimum absolute atomic E-state index is 0.112. The van der Waals surface area contributed by atoms with Crippen molar-refractivity contribution in [2.24, 2.45) is 0 Å². The molecular formula is C31H22ClN. The summed E-state index contributed by atoms with van der Waals surface area (Å²) in [4.78, 5) is 3.76. The van der Waals surface area contributed by atoms with Gasteiger partial charge < -0.3 is 4.98 Å². The molecule has 0 saturated heterocycles. The molecule has 5 aromatic rings. The first-order chi connectivity index (χ1) is 16.3. The van der Waals surface area contributed by atoms with Crippen LogP contribution in [0.4, 0.5) is 0 Å². The van der Waals surface area contributed by atoms with Gasteiger partial charge in [-0.1, -0.05) is 109 Å². The lowest BCUT2D eigenvalue weighted by molar-refractivity contribution is 1.04. The van der Waals surface area contributed by atoms with Crippen molar-refractivity contribution in [3.05, 3.63) is 154 Å². The standard InChI is InChI=1S/C31H22ClN/c32-25-17-15-21(16-18-25)24-19-27(22-9-3-1-4-10-22)30-26-13-7-8-14-29(26)33-31(30)28(20-24)23-11-5-2-6-12-23/h1-20,27,33H/t27-/m0/s1. The lowest BCUT2D eigenvalue weighted by Crippen LogP contribution is -2.00. The third-order valence-corrected chi connectivity index (χ3v) is 6.65. The quantitative estimate of drug-likeness (QED) is 0.287. The molecule has 1 aromatic heterocycles. The molecule has 1 atom stereocenters. The van der Waals surface area contributed by atoms with Crippen molar-refractivity contribution in [1.82, 2.24) is 4.98 Å². The summed E-state index contributed by atoms with van der Waals surface area (Å²) >= 11 is 6.21. The smallest absolute Gasteiger partial charge is 0.0513 e. The molecule has 0 saturated carbocycles. The Labute approximate surface area is 198 Å². The molecule has 0 aliphatic heterocycles. The van der Waals surface area contributed by atoms with Gasteiger partial charge in [-0.3, -0.25) is 0 Å². The molecule has 4 aromatic carbocycles. The monoisotopic (exact) mass is 443 g/mol. The fourth-order valence-corrected chi connectivity index (χ4v) is 4.95. The maximum absolute atomic E-state index is 6.21. The van der Waals surface area contributed by atoms with Crippen LogP contribution in [-0.4, -0.2) is 4.98 Å². The molecule has 1 N–H and O–H groups in total. The third kappa shape index (κ3) is 3.61. The van der Waals surface area contributed by atoms with Gasteiger partial charge in [0.1, 0.15) is 0 Å². The minimum Gasteiger partial charge on any atom is -0.354 e. The molecule has 0 fully saturated rings. The van der Waals surface area contributed by atoms with Gasteiger partial charge >= 0.3 is 0 Å². The Hall–Kier alpha value is -3.81. The van der Waals surface area contributed by atoms with Crippen molar-refractivity contribution in [2.45, 2.75) is 5.92 Å². The molecular weight excluding hydrogens is 422 g/mol.